The molecule has 0 fully saturated rings. The van der Waals surface area contributed by atoms with Crippen molar-refractivity contribution in [2.45, 2.75) is 26.4 Å². The van der Waals surface area contributed by atoms with Crippen molar-refractivity contribution >= 4 is 0 Å². The molecule has 0 heterocycles. The summed E-state index contributed by atoms with van der Waals surface area (Å²) in [5.41, 5.74) is -0.748. The molecule has 0 bridgehead atoms. The molecule has 12 heavy (non-hydrogen) atoms. The summed E-state index contributed by atoms with van der Waals surface area (Å²) in [5, 5.41) is 10.9. The Morgan fingerprint density at radius 1 is 1.75 bits per heavy atom. The number of rotatable bonds is 4. The van der Waals surface area contributed by atoms with E-state index >= 15 is 0 Å². The van der Waals surface area contributed by atoms with E-state index in [1.165, 1.54) is 6.08 Å². The van der Waals surface area contributed by atoms with Crippen molar-refractivity contribution in [1.29, 1.82) is 5.26 Å². The van der Waals surface area contributed by atoms with Gasteiger partial charge in [0.1, 0.15) is 6.07 Å². The minimum atomic E-state index is -0.603. The van der Waals surface area contributed by atoms with Crippen molar-refractivity contribution in [3.63, 3.8) is 0 Å². The summed E-state index contributed by atoms with van der Waals surface area (Å²) in [5.74, 6) is 0. The van der Waals surface area contributed by atoms with Gasteiger partial charge in [-0.15, -0.1) is 4.91 Å². The Bertz CT molecular complexity index is 226. The molecule has 0 aromatic heterocycles. The van der Waals surface area contributed by atoms with Crippen LogP contribution in [0.2, 0.25) is 0 Å². The molecule has 0 unspecified atom stereocenters. The Morgan fingerprint density at radius 2 is 2.33 bits per heavy atom. The highest BCUT2D eigenvalue weighted by Gasteiger charge is 2.15. The van der Waals surface area contributed by atoms with Crippen LogP contribution in [-0.4, -0.2) is 12.2 Å². The summed E-state index contributed by atoms with van der Waals surface area (Å²) in [6.45, 7) is 5.90. The number of nitrogens with zero attached hydrogens (tertiary/aromatic N) is 2. The number of hydrogen-bond acceptors (Lipinski definition) is 4. The Labute approximate surface area is 71.8 Å². The fraction of sp³-hybridized carbons (Fsp3) is 0.625. The van der Waals surface area contributed by atoms with Crippen LogP contribution in [0.25, 0.3) is 0 Å². The van der Waals surface area contributed by atoms with Crippen LogP contribution >= 0.6 is 0 Å². The van der Waals surface area contributed by atoms with Crippen LogP contribution < -0.4 is 0 Å². The van der Waals surface area contributed by atoms with Crippen LogP contribution in [0.3, 0.4) is 0 Å². The Kier molecular flexibility index (Phi) is 4.16. The molecule has 0 aliphatic rings. The summed E-state index contributed by atoms with van der Waals surface area (Å²) >= 11 is 0. The van der Waals surface area contributed by atoms with E-state index in [2.05, 4.69) is 5.18 Å². The van der Waals surface area contributed by atoms with Gasteiger partial charge in [0.2, 0.25) is 0 Å². The second kappa shape index (κ2) is 4.62. The molecule has 0 aliphatic carbocycles. The predicted molar refractivity (Wildman–Crippen MR) is 45.2 cm³/mol. The van der Waals surface area contributed by atoms with Crippen LogP contribution in [0.1, 0.15) is 20.8 Å². The fourth-order valence-electron chi connectivity index (χ4n) is 0.822. The summed E-state index contributed by atoms with van der Waals surface area (Å²) in [6, 6.07) is 1.67. The molecule has 0 amide bonds. The van der Waals surface area contributed by atoms with E-state index in [1.54, 1.807) is 19.9 Å². The Balaban J connectivity index is 4.48. The number of ether oxygens (including phenoxy) is 1. The quantitative estimate of drug-likeness (QED) is 0.476. The molecule has 0 radical (unpaired) electrons. The summed E-state index contributed by atoms with van der Waals surface area (Å²) < 4.78 is 5.24. The minimum Gasteiger partial charge on any atom is -0.372 e. The summed E-state index contributed by atoms with van der Waals surface area (Å²) in [7, 11) is 0. The molecule has 4 nitrogen and oxygen atoms in total. The Morgan fingerprint density at radius 3 is 2.67 bits per heavy atom. The minimum absolute atomic E-state index is 0.145. The monoisotopic (exact) mass is 168 g/mol. The summed E-state index contributed by atoms with van der Waals surface area (Å²) in [4.78, 5) is 10.0. The van der Waals surface area contributed by atoms with E-state index in [1.807, 2.05) is 6.92 Å². The molecule has 0 aromatic rings. The first-order valence-electron chi connectivity index (χ1n) is 3.66. The van der Waals surface area contributed by atoms with E-state index < -0.39 is 5.60 Å². The lowest BCUT2D eigenvalue weighted by Crippen LogP contribution is -2.21. The van der Waals surface area contributed by atoms with Gasteiger partial charge in [-0.05, 0) is 32.0 Å². The second-order valence-electron chi connectivity index (χ2n) is 2.77. The third kappa shape index (κ3) is 3.84. The molecule has 0 aliphatic heterocycles. The molecule has 4 heteroatoms. The van der Waals surface area contributed by atoms with Crippen molar-refractivity contribution in [3.05, 3.63) is 16.7 Å². The maximum absolute atomic E-state index is 10.0. The van der Waals surface area contributed by atoms with Gasteiger partial charge in [0.05, 0.1) is 5.60 Å². The Hall–Kier alpha value is -1.21. The van der Waals surface area contributed by atoms with Crippen molar-refractivity contribution < 1.29 is 4.74 Å². The number of nitriles is 1. The van der Waals surface area contributed by atoms with Gasteiger partial charge in [0.15, 0.2) is 5.70 Å². The van der Waals surface area contributed by atoms with Gasteiger partial charge in [-0.3, -0.25) is 0 Å². The number of hydrogen-bond donors (Lipinski definition) is 0. The molecule has 0 atom stereocenters. The van der Waals surface area contributed by atoms with Crippen LogP contribution in [-0.2, 0) is 4.74 Å². The van der Waals surface area contributed by atoms with Gasteiger partial charge in [-0.2, -0.15) is 5.26 Å². The first kappa shape index (κ1) is 10.8. The molecule has 0 aromatic carbocycles. The molecule has 0 rings (SSSR count). The molecule has 0 N–H and O–H groups in total. The fourth-order valence-corrected chi connectivity index (χ4v) is 0.822. The zero-order valence-electron chi connectivity index (χ0n) is 7.50. The lowest BCUT2D eigenvalue weighted by Gasteiger charge is -2.19. The maximum atomic E-state index is 10.0. The highest BCUT2D eigenvalue weighted by Crippen LogP contribution is 2.13. The van der Waals surface area contributed by atoms with Crippen LogP contribution in [0.5, 0.6) is 0 Å². The highest BCUT2D eigenvalue weighted by atomic mass is 16.5. The maximum Gasteiger partial charge on any atom is 0.183 e. The normalized spacial score (nSPS) is 12.3. The number of allylic oxidation sites excluding steroid dienone is 1. The molecule has 0 spiro atoms. The van der Waals surface area contributed by atoms with E-state index in [4.69, 9.17) is 10.00 Å². The van der Waals surface area contributed by atoms with Gasteiger partial charge in [-0.25, -0.2) is 0 Å². The standard InChI is InChI=1S/C8H12N2O2/c1-4-12-8(2,3)5-7(6-9)10-11/h5H,4H2,1-3H3/b7-5+. The van der Waals surface area contributed by atoms with Gasteiger partial charge in [0, 0.05) is 6.61 Å². The lowest BCUT2D eigenvalue weighted by molar-refractivity contribution is 0.0281. The summed E-state index contributed by atoms with van der Waals surface area (Å²) in [6.07, 6.45) is 1.41. The van der Waals surface area contributed by atoms with E-state index in [0.717, 1.165) is 0 Å². The van der Waals surface area contributed by atoms with Crippen molar-refractivity contribution in [3.8, 4) is 6.07 Å². The largest absolute Gasteiger partial charge is 0.372 e. The molecular formula is C8H12N2O2. The molecule has 0 saturated heterocycles. The smallest absolute Gasteiger partial charge is 0.183 e. The average Bonchev–Trinajstić information content (AvgIpc) is 2.00. The van der Waals surface area contributed by atoms with Gasteiger partial charge < -0.3 is 4.74 Å². The third-order valence-corrected chi connectivity index (χ3v) is 1.21. The zero-order chi connectivity index (χ0) is 9.61. The topological polar surface area (TPSA) is 62.4 Å². The lowest BCUT2D eigenvalue weighted by atomic mass is 10.1. The van der Waals surface area contributed by atoms with E-state index in [0.29, 0.717) is 6.61 Å². The number of nitroso groups, excluding NO2 is 1. The van der Waals surface area contributed by atoms with Gasteiger partial charge >= 0.3 is 0 Å². The zero-order valence-corrected chi connectivity index (χ0v) is 7.50. The van der Waals surface area contributed by atoms with E-state index in [-0.39, 0.29) is 5.70 Å². The van der Waals surface area contributed by atoms with Crippen LogP contribution in [0, 0.1) is 16.2 Å². The second-order valence-corrected chi connectivity index (χ2v) is 2.77. The average molecular weight is 168 g/mol. The van der Waals surface area contributed by atoms with Gasteiger partial charge in [0.25, 0.3) is 0 Å². The molecule has 66 valence electrons. The highest BCUT2D eigenvalue weighted by molar-refractivity contribution is 5.22. The van der Waals surface area contributed by atoms with E-state index in [9.17, 15) is 4.91 Å². The van der Waals surface area contributed by atoms with Crippen molar-refractivity contribution in [2.24, 2.45) is 5.18 Å². The van der Waals surface area contributed by atoms with Crippen LogP contribution in [0.4, 0.5) is 0 Å². The third-order valence-electron chi connectivity index (χ3n) is 1.21. The first-order valence-corrected chi connectivity index (χ1v) is 3.66. The van der Waals surface area contributed by atoms with Crippen LogP contribution in [0.15, 0.2) is 16.9 Å². The first-order chi connectivity index (χ1) is 5.55. The van der Waals surface area contributed by atoms with Crippen molar-refractivity contribution in [2.75, 3.05) is 6.61 Å². The molecular weight excluding hydrogens is 156 g/mol. The van der Waals surface area contributed by atoms with Gasteiger partial charge in [-0.1, -0.05) is 0 Å². The van der Waals surface area contributed by atoms with Crippen molar-refractivity contribution in [1.82, 2.24) is 0 Å². The SMILES string of the molecule is CCOC(C)(C)/C=C(\C#N)N=O. The molecule has 0 saturated carbocycles. The predicted octanol–water partition coefficient (Wildman–Crippen LogP) is 1.98.